The highest BCUT2D eigenvalue weighted by atomic mass is 16.5. The number of phenols is 1. The molecule has 0 spiro atoms. The van der Waals surface area contributed by atoms with Gasteiger partial charge in [-0.25, -0.2) is 0 Å². The van der Waals surface area contributed by atoms with Gasteiger partial charge in [-0.05, 0) is 55.2 Å². The number of ether oxygens (including phenoxy) is 1. The van der Waals surface area contributed by atoms with Crippen molar-refractivity contribution < 1.29 is 24.9 Å². The van der Waals surface area contributed by atoms with E-state index in [0.29, 0.717) is 37.2 Å². The standard InChI is InChI=1S/C29H36N2O5/c1-3-36-28-10-5-4-9-24(28)17-31-29(35)15-22-8-6-7-21(14-22)13-20(2)30-18-27(34)23-11-12-26(33)25(16-23)19-32/h4-12,14,16,20,27,30,32-34H,3,13,15,17-19H2,1-2H3,(H,31,35)/t20-,27-/m1/s1. The average Bonchev–Trinajstić information content (AvgIpc) is 2.87. The van der Waals surface area contributed by atoms with Gasteiger partial charge in [-0.15, -0.1) is 0 Å². The molecular weight excluding hydrogens is 456 g/mol. The minimum atomic E-state index is -0.763. The van der Waals surface area contributed by atoms with Crippen LogP contribution in [0, 0.1) is 0 Å². The van der Waals surface area contributed by atoms with Crippen molar-refractivity contribution in [2.75, 3.05) is 13.2 Å². The van der Waals surface area contributed by atoms with Crippen molar-refractivity contribution in [1.29, 1.82) is 0 Å². The van der Waals surface area contributed by atoms with Crippen LogP contribution in [-0.2, 0) is 30.8 Å². The van der Waals surface area contributed by atoms with E-state index < -0.39 is 6.10 Å². The summed E-state index contributed by atoms with van der Waals surface area (Å²) in [5.74, 6) is 0.746. The van der Waals surface area contributed by atoms with E-state index in [1.54, 1.807) is 12.1 Å². The topological polar surface area (TPSA) is 111 Å². The predicted molar refractivity (Wildman–Crippen MR) is 140 cm³/mol. The number of aliphatic hydroxyl groups is 2. The normalized spacial score (nSPS) is 12.7. The molecule has 1 amide bonds. The predicted octanol–water partition coefficient (Wildman–Crippen LogP) is 3.40. The highest BCUT2D eigenvalue weighted by Crippen LogP contribution is 2.22. The molecule has 3 aromatic rings. The van der Waals surface area contributed by atoms with Gasteiger partial charge in [0.1, 0.15) is 11.5 Å². The number of nitrogens with one attached hydrogen (secondary N) is 2. The quantitative estimate of drug-likeness (QED) is 0.250. The van der Waals surface area contributed by atoms with Crippen LogP contribution in [0.4, 0.5) is 0 Å². The number of hydrogen-bond donors (Lipinski definition) is 5. The highest BCUT2D eigenvalue weighted by Gasteiger charge is 2.13. The molecule has 0 saturated carbocycles. The highest BCUT2D eigenvalue weighted by molar-refractivity contribution is 5.78. The first kappa shape index (κ1) is 27.2. The number of benzene rings is 3. The van der Waals surface area contributed by atoms with Crippen molar-refractivity contribution in [2.24, 2.45) is 0 Å². The van der Waals surface area contributed by atoms with E-state index in [4.69, 9.17) is 4.74 Å². The van der Waals surface area contributed by atoms with Crippen LogP contribution < -0.4 is 15.4 Å². The molecule has 0 fully saturated rings. The van der Waals surface area contributed by atoms with Crippen molar-refractivity contribution in [1.82, 2.24) is 10.6 Å². The number of para-hydroxylation sites is 1. The zero-order valence-electron chi connectivity index (χ0n) is 20.9. The molecule has 192 valence electrons. The molecule has 0 heterocycles. The van der Waals surface area contributed by atoms with Gasteiger partial charge in [-0.3, -0.25) is 4.79 Å². The zero-order valence-corrected chi connectivity index (χ0v) is 20.9. The van der Waals surface area contributed by atoms with Crippen LogP contribution in [0.3, 0.4) is 0 Å². The summed E-state index contributed by atoms with van der Waals surface area (Å²) in [6.07, 6.45) is 0.266. The van der Waals surface area contributed by atoms with Gasteiger partial charge in [0.2, 0.25) is 5.91 Å². The van der Waals surface area contributed by atoms with E-state index in [9.17, 15) is 20.1 Å². The lowest BCUT2D eigenvalue weighted by Gasteiger charge is -2.18. The molecular formula is C29H36N2O5. The lowest BCUT2D eigenvalue weighted by molar-refractivity contribution is -0.120. The monoisotopic (exact) mass is 492 g/mol. The second-order valence-electron chi connectivity index (χ2n) is 8.89. The van der Waals surface area contributed by atoms with Crippen molar-refractivity contribution in [3.05, 3.63) is 94.5 Å². The molecule has 5 N–H and O–H groups in total. The van der Waals surface area contributed by atoms with Crippen LogP contribution in [0.1, 0.15) is 47.8 Å². The minimum Gasteiger partial charge on any atom is -0.508 e. The van der Waals surface area contributed by atoms with Crippen molar-refractivity contribution in [3.8, 4) is 11.5 Å². The summed E-state index contributed by atoms with van der Waals surface area (Å²) in [6.45, 7) is 5.01. The van der Waals surface area contributed by atoms with E-state index in [-0.39, 0.29) is 24.3 Å². The fourth-order valence-electron chi connectivity index (χ4n) is 4.05. The fourth-order valence-corrected chi connectivity index (χ4v) is 4.05. The van der Waals surface area contributed by atoms with Gasteiger partial charge in [-0.1, -0.05) is 48.5 Å². The largest absolute Gasteiger partial charge is 0.508 e. The number of amides is 1. The third-order valence-electron chi connectivity index (χ3n) is 5.96. The van der Waals surface area contributed by atoms with Crippen LogP contribution >= 0.6 is 0 Å². The average molecular weight is 493 g/mol. The van der Waals surface area contributed by atoms with Crippen LogP contribution in [0.15, 0.2) is 66.7 Å². The summed E-state index contributed by atoms with van der Waals surface area (Å²) in [6, 6.07) is 20.5. The second-order valence-corrected chi connectivity index (χ2v) is 8.89. The van der Waals surface area contributed by atoms with Gasteiger partial charge >= 0.3 is 0 Å². The van der Waals surface area contributed by atoms with Gasteiger partial charge in [-0.2, -0.15) is 0 Å². The molecule has 0 aromatic heterocycles. The van der Waals surface area contributed by atoms with Gasteiger partial charge in [0.05, 0.1) is 25.7 Å². The number of aliphatic hydroxyl groups excluding tert-OH is 2. The molecule has 0 radical (unpaired) electrons. The summed E-state index contributed by atoms with van der Waals surface area (Å²) in [5.41, 5.74) is 4.01. The lowest BCUT2D eigenvalue weighted by atomic mass is 10.0. The molecule has 0 aliphatic rings. The van der Waals surface area contributed by atoms with E-state index in [1.165, 1.54) is 6.07 Å². The van der Waals surface area contributed by atoms with Crippen molar-refractivity contribution >= 4 is 5.91 Å². The Morgan fingerprint density at radius 1 is 1.00 bits per heavy atom. The van der Waals surface area contributed by atoms with Crippen molar-refractivity contribution in [2.45, 2.75) is 52.0 Å². The summed E-state index contributed by atoms with van der Waals surface area (Å²) in [5, 5.41) is 35.8. The Bertz CT molecular complexity index is 1130. The second kappa shape index (κ2) is 13.6. The molecule has 0 aliphatic heterocycles. The maximum atomic E-state index is 12.5. The fraction of sp³-hybridized carbons (Fsp3) is 0.345. The van der Waals surface area contributed by atoms with Gasteiger partial charge in [0.15, 0.2) is 0 Å². The molecule has 3 aromatic carbocycles. The minimum absolute atomic E-state index is 0.0127. The van der Waals surface area contributed by atoms with Crippen molar-refractivity contribution in [3.63, 3.8) is 0 Å². The lowest BCUT2D eigenvalue weighted by Crippen LogP contribution is -2.32. The Morgan fingerprint density at radius 2 is 1.78 bits per heavy atom. The smallest absolute Gasteiger partial charge is 0.224 e. The maximum absolute atomic E-state index is 12.5. The Labute approximate surface area is 212 Å². The zero-order chi connectivity index (χ0) is 25.9. The molecule has 2 atom stereocenters. The first-order valence-electron chi connectivity index (χ1n) is 12.3. The first-order chi connectivity index (χ1) is 17.4. The molecule has 0 saturated heterocycles. The van der Waals surface area contributed by atoms with Crippen LogP contribution in [-0.4, -0.2) is 40.4 Å². The van der Waals surface area contributed by atoms with E-state index in [1.807, 2.05) is 62.4 Å². The third kappa shape index (κ3) is 8.09. The van der Waals surface area contributed by atoms with Gasteiger partial charge in [0.25, 0.3) is 0 Å². The molecule has 3 rings (SSSR count). The first-order valence-corrected chi connectivity index (χ1v) is 12.3. The number of rotatable bonds is 13. The summed E-state index contributed by atoms with van der Waals surface area (Å²) >= 11 is 0. The molecule has 0 aliphatic carbocycles. The summed E-state index contributed by atoms with van der Waals surface area (Å²) < 4.78 is 5.62. The molecule has 7 nitrogen and oxygen atoms in total. The maximum Gasteiger partial charge on any atom is 0.224 e. The molecule has 7 heteroatoms. The Hall–Kier alpha value is -3.39. The third-order valence-corrected chi connectivity index (χ3v) is 5.96. The number of hydrogen-bond acceptors (Lipinski definition) is 6. The number of aromatic hydroxyl groups is 1. The molecule has 0 unspecified atom stereocenters. The Morgan fingerprint density at radius 3 is 2.56 bits per heavy atom. The Kier molecular flexibility index (Phi) is 10.3. The molecule has 0 bridgehead atoms. The number of carbonyl (C=O) groups excluding carboxylic acids is 1. The van der Waals surface area contributed by atoms with E-state index >= 15 is 0 Å². The van der Waals surface area contributed by atoms with Gasteiger partial charge in [0, 0.05) is 30.3 Å². The van der Waals surface area contributed by atoms with E-state index in [2.05, 4.69) is 10.6 Å². The van der Waals surface area contributed by atoms with Crippen LogP contribution in [0.2, 0.25) is 0 Å². The Balaban J connectivity index is 1.48. The van der Waals surface area contributed by atoms with Crippen LogP contribution in [0.25, 0.3) is 0 Å². The van der Waals surface area contributed by atoms with Gasteiger partial charge < -0.3 is 30.7 Å². The van der Waals surface area contributed by atoms with E-state index in [0.717, 1.165) is 28.9 Å². The SMILES string of the molecule is CCOc1ccccc1CNC(=O)Cc1cccc(C[C@@H](C)NC[C@@H](O)c2ccc(O)c(CO)c2)c1. The van der Waals surface area contributed by atoms with Crippen LogP contribution in [0.5, 0.6) is 11.5 Å². The summed E-state index contributed by atoms with van der Waals surface area (Å²) in [4.78, 5) is 12.5. The number of carbonyl (C=O) groups is 1. The molecule has 36 heavy (non-hydrogen) atoms. The summed E-state index contributed by atoms with van der Waals surface area (Å²) in [7, 11) is 0.